The zero-order valence-corrected chi connectivity index (χ0v) is 44.4. The fourth-order valence-electron chi connectivity index (χ4n) is 9.46. The van der Waals surface area contributed by atoms with E-state index in [1.807, 2.05) is 114 Å². The van der Waals surface area contributed by atoms with Gasteiger partial charge in [-0.2, -0.15) is 10.2 Å². The number of ether oxygens (including phenoxy) is 1. The number of para-hydroxylation sites is 2. The Kier molecular flexibility index (Phi) is 13.6. The molecule has 15 aromatic rings. The highest BCUT2D eigenvalue weighted by molar-refractivity contribution is 9.10. The lowest BCUT2D eigenvalue weighted by atomic mass is 10.2. The molecule has 18 heteroatoms. The van der Waals surface area contributed by atoms with Crippen molar-refractivity contribution in [2.24, 2.45) is 0 Å². The summed E-state index contributed by atoms with van der Waals surface area (Å²) in [5, 5.41) is 25.8. The molecule has 17 nitrogen and oxygen atoms in total. The third-order valence-electron chi connectivity index (χ3n) is 13.0. The van der Waals surface area contributed by atoms with Gasteiger partial charge in [-0.15, -0.1) is 0 Å². The van der Waals surface area contributed by atoms with Crippen LogP contribution in [0.5, 0.6) is 17.2 Å². The molecule has 9 aromatic heterocycles. The van der Waals surface area contributed by atoms with Crippen LogP contribution in [0.4, 0.5) is 0 Å². The van der Waals surface area contributed by atoms with Crippen LogP contribution in [0.1, 0.15) is 21.6 Å². The fraction of sp³-hybridized carbons (Fsp3) is 0.0323. The number of pyridine rings is 3. The Morgan fingerprint density at radius 1 is 0.475 bits per heavy atom. The number of aromatic carboxylic acids is 1. The number of hydrogen-bond acceptors (Lipinski definition) is 10. The minimum Gasteiger partial charge on any atom is -0.508 e. The van der Waals surface area contributed by atoms with Crippen molar-refractivity contribution in [3.05, 3.63) is 253 Å². The third kappa shape index (κ3) is 9.84. The quantitative estimate of drug-likeness (QED) is 0.155. The first-order chi connectivity index (χ1) is 39.2. The van der Waals surface area contributed by atoms with E-state index in [0.29, 0.717) is 0 Å². The number of carboxylic acid groups (broad SMARTS) is 1. The van der Waals surface area contributed by atoms with E-state index in [1.165, 1.54) is 17.8 Å². The van der Waals surface area contributed by atoms with Gasteiger partial charge < -0.3 is 14.9 Å². The molecule has 0 saturated heterocycles. The molecule has 0 radical (unpaired) electrons. The van der Waals surface area contributed by atoms with Crippen molar-refractivity contribution in [3.63, 3.8) is 0 Å². The van der Waals surface area contributed by atoms with E-state index >= 15 is 0 Å². The lowest BCUT2D eigenvalue weighted by molar-refractivity contribution is 0.0690. The SMILES string of the molecule is Cc1cccc2c1nc1n(-c3ccccn3)c3cc(Br)ccc3n21.Cc1cccc2c1nc1n(-c3ccccn3)c3cc(Oc4cccc(-n5cccn5)c4)ccc3n21.O=C(O)c1ccccn1.Oc1cccc(-n2cccn2)c1. The summed E-state index contributed by atoms with van der Waals surface area (Å²) in [4.78, 5) is 32.8. The molecule has 0 amide bonds. The maximum atomic E-state index is 10.1. The third-order valence-corrected chi connectivity index (χ3v) is 13.5. The lowest BCUT2D eigenvalue weighted by Crippen LogP contribution is -1.98. The molecule has 390 valence electrons. The summed E-state index contributed by atoms with van der Waals surface area (Å²) >= 11 is 3.58. The standard InChI is InChI=1S/C28H20N6O.C19H13BrN4.C9H8N2O.C6H5NO2/c1-19-7-4-10-24-27(19)31-28-33(24)23-13-12-22(18-25(23)34(28)26-11-2-3-14-29-26)35-21-9-5-8-20(17-21)32-16-6-15-30-32;1-12-5-4-6-15-18(12)22-19-23(15)14-9-8-13(20)11-16(14)24(19)17-7-2-3-10-21-17;12-9-4-1-3-8(7-9)11-6-2-5-10-11;8-6(9)5-3-1-2-4-7-5/h2-18H,1H3;2-11H,1H3;1-7,12H;1-4H,(H,8,9). The van der Waals surface area contributed by atoms with Gasteiger partial charge >= 0.3 is 5.97 Å². The van der Waals surface area contributed by atoms with Gasteiger partial charge in [0, 0.05) is 66.0 Å². The summed E-state index contributed by atoms with van der Waals surface area (Å²) in [5.74, 6) is 4.10. The number of aromatic nitrogens is 13. The number of aromatic hydroxyl groups is 1. The van der Waals surface area contributed by atoms with Gasteiger partial charge in [-0.05, 0) is 140 Å². The number of carbonyl (C=O) groups is 1. The van der Waals surface area contributed by atoms with Crippen LogP contribution >= 0.6 is 15.9 Å². The van der Waals surface area contributed by atoms with E-state index in [4.69, 9.17) is 19.8 Å². The number of phenolic OH excluding ortho intramolecular Hbond substituents is 1. The second-order valence-corrected chi connectivity index (χ2v) is 19.2. The van der Waals surface area contributed by atoms with Gasteiger partial charge in [-0.1, -0.05) is 70.5 Å². The van der Waals surface area contributed by atoms with Crippen molar-refractivity contribution in [2.45, 2.75) is 13.8 Å². The van der Waals surface area contributed by atoms with Crippen molar-refractivity contribution >= 4 is 77.6 Å². The van der Waals surface area contributed by atoms with Crippen molar-refractivity contribution in [2.75, 3.05) is 0 Å². The van der Waals surface area contributed by atoms with E-state index in [9.17, 15) is 9.90 Å². The average Bonchev–Trinajstić information content (AvgIpc) is 4.03. The first kappa shape index (κ1) is 50.1. The molecule has 0 spiro atoms. The van der Waals surface area contributed by atoms with E-state index in [2.05, 4.69) is 134 Å². The molecule has 9 heterocycles. The molecular weight excluding hydrogens is 1070 g/mol. The first-order valence-corrected chi connectivity index (χ1v) is 26.0. The molecule has 0 aliphatic heterocycles. The summed E-state index contributed by atoms with van der Waals surface area (Å²) in [6.45, 7) is 4.18. The molecule has 2 N–H and O–H groups in total. The molecule has 6 aromatic carbocycles. The van der Waals surface area contributed by atoms with Crippen LogP contribution in [0.3, 0.4) is 0 Å². The molecule has 0 saturated carbocycles. The number of aryl methyl sites for hydroxylation is 2. The molecule has 0 bridgehead atoms. The molecule has 15 rings (SSSR count). The van der Waals surface area contributed by atoms with E-state index in [0.717, 1.165) is 100 Å². The Morgan fingerprint density at radius 2 is 1.00 bits per heavy atom. The Hall–Kier alpha value is -10.7. The van der Waals surface area contributed by atoms with Crippen LogP contribution < -0.4 is 4.74 Å². The zero-order valence-electron chi connectivity index (χ0n) is 42.8. The molecule has 0 aliphatic rings. The van der Waals surface area contributed by atoms with Crippen LogP contribution in [0.15, 0.2) is 236 Å². The number of benzene rings is 6. The van der Waals surface area contributed by atoms with Crippen LogP contribution in [0, 0.1) is 13.8 Å². The molecule has 0 unspecified atom stereocenters. The molecule has 0 fully saturated rings. The first-order valence-electron chi connectivity index (χ1n) is 25.2. The van der Waals surface area contributed by atoms with Gasteiger partial charge in [0.25, 0.3) is 0 Å². The predicted octanol–water partition coefficient (Wildman–Crippen LogP) is 13.4. The van der Waals surface area contributed by atoms with Crippen LogP contribution in [0.2, 0.25) is 0 Å². The summed E-state index contributed by atoms with van der Waals surface area (Å²) in [5.41, 5.74) is 12.6. The Balaban J connectivity index is 0.000000121. The Morgan fingerprint density at radius 3 is 1.51 bits per heavy atom. The maximum Gasteiger partial charge on any atom is 0.354 e. The van der Waals surface area contributed by atoms with Gasteiger partial charge in [0.2, 0.25) is 11.6 Å². The highest BCUT2D eigenvalue weighted by Crippen LogP contribution is 2.35. The number of hydrogen-bond donors (Lipinski definition) is 2. The van der Waals surface area contributed by atoms with Crippen LogP contribution in [-0.2, 0) is 0 Å². The zero-order chi connectivity index (χ0) is 54.7. The van der Waals surface area contributed by atoms with E-state index in [-0.39, 0.29) is 11.4 Å². The smallest absolute Gasteiger partial charge is 0.354 e. The van der Waals surface area contributed by atoms with Crippen molar-refractivity contribution < 1.29 is 19.7 Å². The largest absolute Gasteiger partial charge is 0.508 e. The van der Waals surface area contributed by atoms with Gasteiger partial charge in [0.05, 0.1) is 55.5 Å². The highest BCUT2D eigenvalue weighted by Gasteiger charge is 2.21. The van der Waals surface area contributed by atoms with Gasteiger partial charge in [-0.3, -0.25) is 17.9 Å². The number of nitrogens with zero attached hydrogens (tertiary/aromatic N) is 13. The summed E-state index contributed by atoms with van der Waals surface area (Å²) in [7, 11) is 0. The highest BCUT2D eigenvalue weighted by atomic mass is 79.9. The molecular formula is C62H46BrN13O4. The lowest BCUT2D eigenvalue weighted by Gasteiger charge is -2.09. The van der Waals surface area contributed by atoms with Gasteiger partial charge in [-0.25, -0.2) is 39.1 Å². The normalized spacial score (nSPS) is 11.1. The number of carboxylic acids is 1. The van der Waals surface area contributed by atoms with E-state index in [1.54, 1.807) is 53.6 Å². The molecule has 80 heavy (non-hydrogen) atoms. The van der Waals surface area contributed by atoms with Crippen LogP contribution in [-0.4, -0.2) is 78.6 Å². The number of halogens is 1. The topological polar surface area (TPSA) is 186 Å². The predicted molar refractivity (Wildman–Crippen MR) is 312 cm³/mol. The maximum absolute atomic E-state index is 10.1. The van der Waals surface area contributed by atoms with Gasteiger partial charge in [0.1, 0.15) is 34.6 Å². The number of fused-ring (bicyclic) bond motifs is 10. The molecule has 0 atom stereocenters. The summed E-state index contributed by atoms with van der Waals surface area (Å²) < 4.78 is 19.4. The second-order valence-electron chi connectivity index (χ2n) is 18.3. The van der Waals surface area contributed by atoms with E-state index < -0.39 is 5.97 Å². The van der Waals surface area contributed by atoms with Gasteiger partial charge in [0.15, 0.2) is 0 Å². The van der Waals surface area contributed by atoms with Crippen LogP contribution in [0.25, 0.3) is 78.7 Å². The van der Waals surface area contributed by atoms with Crippen molar-refractivity contribution in [1.29, 1.82) is 0 Å². The monoisotopic (exact) mass is 1120 g/mol. The Labute approximate surface area is 464 Å². The Bertz CT molecular complexity index is 4650. The number of imidazole rings is 4. The summed E-state index contributed by atoms with van der Waals surface area (Å²) in [6, 6.07) is 60.1. The summed E-state index contributed by atoms with van der Waals surface area (Å²) in [6.07, 6.45) is 12.3. The minimum absolute atomic E-state index is 0.0810. The van der Waals surface area contributed by atoms with Crippen molar-refractivity contribution in [1.82, 2.24) is 62.4 Å². The number of phenols is 1. The van der Waals surface area contributed by atoms with Crippen molar-refractivity contribution in [3.8, 4) is 40.3 Å². The molecule has 0 aliphatic carbocycles. The number of rotatable bonds is 7. The average molecular weight is 1120 g/mol. The fourth-order valence-corrected chi connectivity index (χ4v) is 9.81. The second kappa shape index (κ2) is 21.7. The minimum atomic E-state index is -0.990.